The summed E-state index contributed by atoms with van der Waals surface area (Å²) in [4.78, 5) is 14.6. The van der Waals surface area contributed by atoms with Crippen LogP contribution in [0, 0.1) is 11.6 Å². The van der Waals surface area contributed by atoms with Crippen molar-refractivity contribution in [2.24, 2.45) is 0 Å². The molecule has 0 saturated heterocycles. The molecule has 0 aliphatic carbocycles. The fraction of sp³-hybridized carbons (Fsp3) is 0.231. The lowest BCUT2D eigenvalue weighted by Gasteiger charge is -2.06. The third-order valence-electron chi connectivity index (χ3n) is 2.71. The molecule has 0 amide bonds. The van der Waals surface area contributed by atoms with Crippen LogP contribution in [0.15, 0.2) is 30.6 Å². The molecule has 2 aromatic rings. The number of nitrogens with zero attached hydrogens (tertiary/aromatic N) is 2. The lowest BCUT2D eigenvalue weighted by molar-refractivity contribution is -0.137. The van der Waals surface area contributed by atoms with Gasteiger partial charge >= 0.3 is 5.97 Å². The van der Waals surface area contributed by atoms with E-state index in [9.17, 15) is 13.6 Å². The summed E-state index contributed by atoms with van der Waals surface area (Å²) in [5, 5.41) is 8.63. The first-order valence-electron chi connectivity index (χ1n) is 5.72. The Morgan fingerprint density at radius 2 is 2.11 bits per heavy atom. The molecule has 2 rings (SSSR count). The zero-order valence-electron chi connectivity index (χ0n) is 10.0. The first kappa shape index (κ1) is 13.2. The lowest BCUT2D eigenvalue weighted by Crippen LogP contribution is -2.08. The molecule has 4 nitrogen and oxygen atoms in total. The fourth-order valence-electron chi connectivity index (χ4n) is 1.76. The Bertz CT molecular complexity index is 596. The van der Waals surface area contributed by atoms with Crippen molar-refractivity contribution >= 4 is 5.97 Å². The molecule has 100 valence electrons. The largest absolute Gasteiger partial charge is 0.481 e. The van der Waals surface area contributed by atoms with Gasteiger partial charge in [-0.2, -0.15) is 0 Å². The molecule has 0 bridgehead atoms. The number of aliphatic carboxylic acids is 1. The summed E-state index contributed by atoms with van der Waals surface area (Å²) in [5.74, 6) is -2.07. The maximum absolute atomic E-state index is 13.1. The summed E-state index contributed by atoms with van der Waals surface area (Å²) in [6.07, 6.45) is 3.53. The maximum atomic E-state index is 13.1. The molecule has 19 heavy (non-hydrogen) atoms. The molecule has 0 aliphatic rings. The van der Waals surface area contributed by atoms with Crippen molar-refractivity contribution in [2.75, 3.05) is 0 Å². The predicted molar refractivity (Wildman–Crippen MR) is 63.6 cm³/mol. The molecule has 0 atom stereocenters. The summed E-state index contributed by atoms with van der Waals surface area (Å²) in [6, 6.07) is 3.66. The molecule has 0 spiro atoms. The Balaban J connectivity index is 2.12. The van der Waals surface area contributed by atoms with E-state index in [4.69, 9.17) is 5.11 Å². The van der Waals surface area contributed by atoms with Crippen molar-refractivity contribution < 1.29 is 18.7 Å². The van der Waals surface area contributed by atoms with E-state index in [2.05, 4.69) is 4.98 Å². The molecule has 1 N–H and O–H groups in total. The van der Waals surface area contributed by atoms with Crippen molar-refractivity contribution in [3.63, 3.8) is 0 Å². The van der Waals surface area contributed by atoms with E-state index in [1.807, 2.05) is 0 Å². The summed E-state index contributed by atoms with van der Waals surface area (Å²) in [7, 11) is 0. The van der Waals surface area contributed by atoms with Crippen molar-refractivity contribution in [3.8, 4) is 0 Å². The number of aromatic nitrogens is 2. The molecule has 0 saturated carbocycles. The first-order valence-corrected chi connectivity index (χ1v) is 5.72. The van der Waals surface area contributed by atoms with Crippen LogP contribution in [0.25, 0.3) is 0 Å². The molecule has 1 aromatic carbocycles. The zero-order valence-corrected chi connectivity index (χ0v) is 10.0. The smallest absolute Gasteiger partial charge is 0.305 e. The first-order chi connectivity index (χ1) is 9.06. The summed E-state index contributed by atoms with van der Waals surface area (Å²) in [5.41, 5.74) is 0.585. The molecular weight excluding hydrogens is 254 g/mol. The number of aryl methyl sites for hydroxylation is 1. The van der Waals surface area contributed by atoms with E-state index in [1.165, 1.54) is 6.07 Å². The van der Waals surface area contributed by atoms with Crippen molar-refractivity contribution in [1.29, 1.82) is 0 Å². The molecule has 0 unspecified atom stereocenters. The second kappa shape index (κ2) is 5.60. The number of hydrogen-bond donors (Lipinski definition) is 1. The number of benzene rings is 1. The molecule has 6 heteroatoms. The normalized spacial score (nSPS) is 10.6. The highest BCUT2D eigenvalue weighted by Gasteiger charge is 2.08. The Morgan fingerprint density at radius 3 is 2.79 bits per heavy atom. The van der Waals surface area contributed by atoms with Gasteiger partial charge in [0.2, 0.25) is 0 Å². The number of halogens is 2. The van der Waals surface area contributed by atoms with Crippen LogP contribution in [0.1, 0.15) is 17.8 Å². The van der Waals surface area contributed by atoms with E-state index in [1.54, 1.807) is 17.0 Å². The number of imidazole rings is 1. The second-order valence-corrected chi connectivity index (χ2v) is 4.11. The standard InChI is InChI=1S/C13H12F2N2O2/c14-10-2-1-9(7-11(10)15)8-12-16-4-6-17(12)5-3-13(18)19/h1-2,4,6-7H,3,5,8H2,(H,18,19). The van der Waals surface area contributed by atoms with Gasteiger partial charge < -0.3 is 9.67 Å². The minimum absolute atomic E-state index is 0.0128. The van der Waals surface area contributed by atoms with E-state index in [0.29, 0.717) is 24.4 Å². The topological polar surface area (TPSA) is 55.1 Å². The van der Waals surface area contributed by atoms with Crippen LogP contribution in [0.5, 0.6) is 0 Å². The van der Waals surface area contributed by atoms with E-state index < -0.39 is 17.6 Å². The monoisotopic (exact) mass is 266 g/mol. The Morgan fingerprint density at radius 1 is 1.32 bits per heavy atom. The SMILES string of the molecule is O=C(O)CCn1ccnc1Cc1ccc(F)c(F)c1. The predicted octanol–water partition coefficient (Wildman–Crippen LogP) is 2.23. The molecule has 1 heterocycles. The van der Waals surface area contributed by atoms with Gasteiger partial charge in [-0.15, -0.1) is 0 Å². The van der Waals surface area contributed by atoms with Crippen LogP contribution in [-0.2, 0) is 17.8 Å². The third kappa shape index (κ3) is 3.37. The highest BCUT2D eigenvalue weighted by molar-refractivity contribution is 5.66. The fourth-order valence-corrected chi connectivity index (χ4v) is 1.76. The minimum Gasteiger partial charge on any atom is -0.481 e. The van der Waals surface area contributed by atoms with Gasteiger partial charge in [-0.1, -0.05) is 6.07 Å². The van der Waals surface area contributed by atoms with Gasteiger partial charge in [0, 0.05) is 25.4 Å². The molecule has 1 aromatic heterocycles. The lowest BCUT2D eigenvalue weighted by atomic mass is 10.1. The van der Waals surface area contributed by atoms with Crippen molar-refractivity contribution in [1.82, 2.24) is 9.55 Å². The van der Waals surface area contributed by atoms with Crippen LogP contribution in [-0.4, -0.2) is 20.6 Å². The van der Waals surface area contributed by atoms with Gasteiger partial charge in [0.05, 0.1) is 6.42 Å². The van der Waals surface area contributed by atoms with Crippen molar-refractivity contribution in [3.05, 3.63) is 53.6 Å². The number of carboxylic acids is 1. The Labute approximate surface area is 108 Å². The number of carboxylic acid groups (broad SMARTS) is 1. The molecule has 0 aliphatic heterocycles. The van der Waals surface area contributed by atoms with Gasteiger partial charge in [-0.25, -0.2) is 13.8 Å². The van der Waals surface area contributed by atoms with Gasteiger partial charge in [0.25, 0.3) is 0 Å². The average molecular weight is 266 g/mol. The second-order valence-electron chi connectivity index (χ2n) is 4.11. The van der Waals surface area contributed by atoms with Gasteiger partial charge in [0.1, 0.15) is 5.82 Å². The third-order valence-corrected chi connectivity index (χ3v) is 2.71. The van der Waals surface area contributed by atoms with Crippen LogP contribution < -0.4 is 0 Å². The highest BCUT2D eigenvalue weighted by atomic mass is 19.2. The highest BCUT2D eigenvalue weighted by Crippen LogP contribution is 2.13. The van der Waals surface area contributed by atoms with Crippen LogP contribution in [0.4, 0.5) is 8.78 Å². The van der Waals surface area contributed by atoms with Gasteiger partial charge in [0.15, 0.2) is 11.6 Å². The van der Waals surface area contributed by atoms with Crippen LogP contribution in [0.2, 0.25) is 0 Å². The Kier molecular flexibility index (Phi) is 3.89. The zero-order chi connectivity index (χ0) is 13.8. The minimum atomic E-state index is -0.902. The van der Waals surface area contributed by atoms with Gasteiger partial charge in [-0.05, 0) is 17.7 Å². The maximum Gasteiger partial charge on any atom is 0.305 e. The Hall–Kier alpha value is -2.24. The van der Waals surface area contributed by atoms with Crippen molar-refractivity contribution in [2.45, 2.75) is 19.4 Å². The summed E-state index contributed by atoms with van der Waals surface area (Å²) in [6.45, 7) is 0.300. The molecule has 0 radical (unpaired) electrons. The van der Waals surface area contributed by atoms with E-state index in [0.717, 1.165) is 12.1 Å². The summed E-state index contributed by atoms with van der Waals surface area (Å²) >= 11 is 0. The average Bonchev–Trinajstić information content (AvgIpc) is 2.79. The molecular formula is C13H12F2N2O2. The van der Waals surface area contributed by atoms with Crippen LogP contribution in [0.3, 0.4) is 0 Å². The number of hydrogen-bond acceptors (Lipinski definition) is 2. The molecule has 0 fully saturated rings. The van der Waals surface area contributed by atoms with E-state index in [-0.39, 0.29) is 6.42 Å². The number of carbonyl (C=O) groups is 1. The van der Waals surface area contributed by atoms with E-state index >= 15 is 0 Å². The summed E-state index contributed by atoms with van der Waals surface area (Å²) < 4.78 is 27.6. The number of rotatable bonds is 5. The quantitative estimate of drug-likeness (QED) is 0.902. The van der Waals surface area contributed by atoms with Gasteiger partial charge in [-0.3, -0.25) is 4.79 Å². The van der Waals surface area contributed by atoms with Crippen LogP contribution >= 0.6 is 0 Å².